The van der Waals surface area contributed by atoms with Crippen molar-refractivity contribution in [3.05, 3.63) is 78.1 Å². The van der Waals surface area contributed by atoms with Crippen LogP contribution >= 0.6 is 11.3 Å². The fourth-order valence-corrected chi connectivity index (χ4v) is 5.32. The van der Waals surface area contributed by atoms with Crippen LogP contribution in [0.15, 0.2) is 65.8 Å². The Morgan fingerprint density at radius 3 is 2.45 bits per heavy atom. The lowest BCUT2D eigenvalue weighted by atomic mass is 10.2. The number of methoxy groups -OCH3 is 1. The molecule has 0 saturated heterocycles. The van der Waals surface area contributed by atoms with Gasteiger partial charge in [-0.3, -0.25) is 14.7 Å². The summed E-state index contributed by atoms with van der Waals surface area (Å²) < 4.78 is 58.8. The molecule has 4 aromatic rings. The first-order valence-electron chi connectivity index (χ1n) is 9.58. The van der Waals surface area contributed by atoms with Crippen molar-refractivity contribution in [2.75, 3.05) is 17.8 Å². The average molecular weight is 490 g/mol. The van der Waals surface area contributed by atoms with Gasteiger partial charge < -0.3 is 4.74 Å². The molecular weight excluding hydrogens is 472 g/mol. The predicted octanol–water partition coefficient (Wildman–Crippen LogP) is 3.99. The summed E-state index contributed by atoms with van der Waals surface area (Å²) in [6.45, 7) is -0.0244. The van der Waals surface area contributed by atoms with Crippen LogP contribution in [0.1, 0.15) is 5.56 Å². The zero-order chi connectivity index (χ0) is 23.6. The van der Waals surface area contributed by atoms with E-state index in [1.54, 1.807) is 12.1 Å². The van der Waals surface area contributed by atoms with E-state index >= 15 is 0 Å². The molecule has 1 amide bonds. The van der Waals surface area contributed by atoms with E-state index in [-0.39, 0.29) is 26.8 Å². The van der Waals surface area contributed by atoms with Crippen LogP contribution in [0, 0.1) is 11.6 Å². The van der Waals surface area contributed by atoms with Gasteiger partial charge in [0.1, 0.15) is 22.8 Å². The van der Waals surface area contributed by atoms with Crippen molar-refractivity contribution < 1.29 is 26.7 Å². The van der Waals surface area contributed by atoms with Crippen molar-refractivity contribution in [2.45, 2.75) is 11.4 Å². The number of aromatic nitrogens is 2. The summed E-state index contributed by atoms with van der Waals surface area (Å²) in [7, 11) is -2.54. The Morgan fingerprint density at radius 2 is 1.79 bits per heavy atom. The normalized spacial score (nSPS) is 11.5. The minimum Gasteiger partial charge on any atom is -0.497 e. The first kappa shape index (κ1) is 22.7. The van der Waals surface area contributed by atoms with E-state index in [2.05, 4.69) is 9.97 Å². The Hall–Kier alpha value is -3.44. The molecule has 2 heterocycles. The predicted molar refractivity (Wildman–Crippen MR) is 120 cm³/mol. The highest BCUT2D eigenvalue weighted by Crippen LogP contribution is 2.32. The highest BCUT2D eigenvalue weighted by molar-refractivity contribution is 7.92. The van der Waals surface area contributed by atoms with Crippen molar-refractivity contribution >= 4 is 42.4 Å². The maximum Gasteiger partial charge on any atom is 0.244 e. The lowest BCUT2D eigenvalue weighted by molar-refractivity contribution is -0.116. The number of carbonyl (C=O) groups is 1. The zero-order valence-electron chi connectivity index (χ0n) is 17.2. The summed E-state index contributed by atoms with van der Waals surface area (Å²) in [5, 5.41) is 0.0567. The summed E-state index contributed by atoms with van der Waals surface area (Å²) in [6, 6.07) is 10.8. The van der Waals surface area contributed by atoms with Crippen molar-refractivity contribution in [2.24, 2.45) is 0 Å². The molecule has 0 spiro atoms. The van der Waals surface area contributed by atoms with E-state index in [4.69, 9.17) is 4.74 Å². The highest BCUT2D eigenvalue weighted by Gasteiger charge is 2.27. The van der Waals surface area contributed by atoms with E-state index in [0.29, 0.717) is 17.4 Å². The van der Waals surface area contributed by atoms with Crippen molar-refractivity contribution in [1.29, 1.82) is 0 Å². The summed E-state index contributed by atoms with van der Waals surface area (Å²) in [5.41, 5.74) is 0.563. The van der Waals surface area contributed by atoms with Crippen LogP contribution in [0.25, 0.3) is 10.2 Å². The van der Waals surface area contributed by atoms with E-state index < -0.39 is 33.1 Å². The number of anilines is 1. The molecule has 33 heavy (non-hydrogen) atoms. The molecule has 11 heteroatoms. The first-order chi connectivity index (χ1) is 15.8. The van der Waals surface area contributed by atoms with Crippen LogP contribution < -0.4 is 9.64 Å². The van der Waals surface area contributed by atoms with E-state index in [1.807, 2.05) is 0 Å². The number of halogens is 2. The molecule has 0 atom stereocenters. The Labute approximate surface area is 192 Å². The molecule has 0 saturated carbocycles. The topological polar surface area (TPSA) is 89.5 Å². The van der Waals surface area contributed by atoms with Gasteiger partial charge in [-0.25, -0.2) is 22.2 Å². The van der Waals surface area contributed by atoms with Gasteiger partial charge >= 0.3 is 0 Å². The van der Waals surface area contributed by atoms with Gasteiger partial charge in [0.15, 0.2) is 20.8 Å². The second-order valence-corrected chi connectivity index (χ2v) is 10.00. The molecule has 2 aromatic heterocycles. The van der Waals surface area contributed by atoms with Gasteiger partial charge in [0, 0.05) is 18.5 Å². The molecule has 0 aliphatic carbocycles. The maximum absolute atomic E-state index is 14.2. The zero-order valence-corrected chi connectivity index (χ0v) is 18.9. The van der Waals surface area contributed by atoms with Gasteiger partial charge in [-0.05, 0) is 48.0 Å². The third kappa shape index (κ3) is 4.99. The third-order valence-electron chi connectivity index (χ3n) is 4.76. The number of ether oxygens (including phenoxy) is 1. The summed E-state index contributed by atoms with van der Waals surface area (Å²) in [4.78, 5) is 22.4. The number of rotatable bonds is 7. The Morgan fingerprint density at radius 1 is 1.09 bits per heavy atom. The summed E-state index contributed by atoms with van der Waals surface area (Å²) in [6.07, 6.45) is 3.05. The van der Waals surface area contributed by atoms with Crippen LogP contribution in [-0.2, 0) is 21.2 Å². The SMILES string of the molecule is COc1ccc(S(=O)(=O)CC(=O)N(Cc2ccncc2)c2nc3c(F)cc(F)cc3s2)cc1. The fraction of sp³-hybridized carbons (Fsp3) is 0.136. The molecule has 0 fully saturated rings. The number of fused-ring (bicyclic) bond motifs is 1. The van der Waals surface area contributed by atoms with E-state index in [9.17, 15) is 22.0 Å². The molecule has 4 rings (SSSR count). The molecule has 0 radical (unpaired) electrons. The Balaban J connectivity index is 1.70. The number of sulfone groups is 1. The van der Waals surface area contributed by atoms with Crippen molar-refractivity contribution in [3.8, 4) is 5.75 Å². The molecule has 0 unspecified atom stereocenters. The minimum absolute atomic E-state index is 0.0244. The number of benzene rings is 2. The van der Waals surface area contributed by atoms with Crippen LogP contribution in [0.3, 0.4) is 0 Å². The van der Waals surface area contributed by atoms with Gasteiger partial charge in [0.05, 0.1) is 23.2 Å². The maximum atomic E-state index is 14.2. The quantitative estimate of drug-likeness (QED) is 0.390. The van der Waals surface area contributed by atoms with Crippen LogP contribution in [-0.4, -0.2) is 37.2 Å². The van der Waals surface area contributed by atoms with Crippen molar-refractivity contribution in [3.63, 3.8) is 0 Å². The van der Waals surface area contributed by atoms with Gasteiger partial charge in [0.2, 0.25) is 5.91 Å². The number of carbonyl (C=O) groups excluding carboxylic acids is 1. The number of amides is 1. The molecular formula is C22H17F2N3O4S2. The lowest BCUT2D eigenvalue weighted by Gasteiger charge is -2.20. The number of pyridine rings is 1. The molecule has 0 aliphatic rings. The van der Waals surface area contributed by atoms with Crippen molar-refractivity contribution in [1.82, 2.24) is 9.97 Å². The summed E-state index contributed by atoms with van der Waals surface area (Å²) in [5.74, 6) is -2.76. The van der Waals surface area contributed by atoms with Gasteiger partial charge in [-0.1, -0.05) is 11.3 Å². The number of nitrogens with zero attached hydrogens (tertiary/aromatic N) is 3. The largest absolute Gasteiger partial charge is 0.497 e. The monoisotopic (exact) mass is 489 g/mol. The Bertz CT molecular complexity index is 1410. The van der Waals surface area contributed by atoms with Crippen LogP contribution in [0.2, 0.25) is 0 Å². The molecule has 0 bridgehead atoms. The standard InChI is InChI=1S/C22H17F2N3O4S2/c1-31-16-2-4-17(5-3-16)33(29,30)13-20(28)27(12-14-6-8-25-9-7-14)22-26-21-18(24)10-15(23)11-19(21)32-22/h2-11H,12-13H2,1H3. The van der Waals surface area contributed by atoms with Gasteiger partial charge in [0.25, 0.3) is 0 Å². The Kier molecular flexibility index (Phi) is 6.34. The fourth-order valence-electron chi connectivity index (χ4n) is 3.10. The van der Waals surface area contributed by atoms with Crippen LogP contribution in [0.4, 0.5) is 13.9 Å². The molecule has 170 valence electrons. The van der Waals surface area contributed by atoms with E-state index in [0.717, 1.165) is 22.3 Å². The number of hydrogen-bond donors (Lipinski definition) is 0. The molecule has 0 N–H and O–H groups in total. The number of hydrogen-bond acceptors (Lipinski definition) is 7. The minimum atomic E-state index is -3.99. The van der Waals surface area contributed by atoms with Gasteiger partial charge in [-0.2, -0.15) is 0 Å². The molecule has 0 aliphatic heterocycles. The van der Waals surface area contributed by atoms with Gasteiger partial charge in [-0.15, -0.1) is 0 Å². The summed E-state index contributed by atoms with van der Waals surface area (Å²) >= 11 is 0.895. The smallest absolute Gasteiger partial charge is 0.244 e. The van der Waals surface area contributed by atoms with E-state index in [1.165, 1.54) is 43.8 Å². The lowest BCUT2D eigenvalue weighted by Crippen LogP contribution is -2.35. The average Bonchev–Trinajstić information content (AvgIpc) is 3.22. The molecule has 7 nitrogen and oxygen atoms in total. The highest BCUT2D eigenvalue weighted by atomic mass is 32.2. The molecule has 2 aromatic carbocycles. The second kappa shape index (κ2) is 9.20. The number of thiazole rings is 1. The first-order valence-corrected chi connectivity index (χ1v) is 12.1. The second-order valence-electron chi connectivity index (χ2n) is 7.00. The third-order valence-corrected chi connectivity index (χ3v) is 7.40. The van der Waals surface area contributed by atoms with Crippen LogP contribution in [0.5, 0.6) is 5.75 Å².